The summed E-state index contributed by atoms with van der Waals surface area (Å²) in [7, 11) is 0. The molecular weight excluding hydrogens is 248 g/mol. The Hall–Kier alpha value is -2.42. The van der Waals surface area contributed by atoms with Crippen LogP contribution in [0.25, 0.3) is 11.0 Å². The predicted octanol–water partition coefficient (Wildman–Crippen LogP) is 3.79. The van der Waals surface area contributed by atoms with Crippen LogP contribution in [0.1, 0.15) is 29.1 Å². The molecule has 0 bridgehead atoms. The molecule has 0 fully saturated rings. The van der Waals surface area contributed by atoms with E-state index in [1.807, 2.05) is 73.0 Å². The number of nitrogens with zero attached hydrogens (tertiary/aromatic N) is 2. The number of carbonyl (C=O) groups is 1. The predicted molar refractivity (Wildman–Crippen MR) is 80.0 cm³/mol. The van der Waals surface area contributed by atoms with Gasteiger partial charge in [0.2, 0.25) is 0 Å². The molecule has 2 aromatic carbocycles. The third-order valence-electron chi connectivity index (χ3n) is 3.60. The summed E-state index contributed by atoms with van der Waals surface area (Å²) in [4.78, 5) is 17.1. The SMILES string of the molecule is Cc1nc2ccccc2n1C(C)C(=O)c1ccccc1. The fraction of sp³-hybridized carbons (Fsp3) is 0.176. The molecule has 0 spiro atoms. The summed E-state index contributed by atoms with van der Waals surface area (Å²) >= 11 is 0. The van der Waals surface area contributed by atoms with Crippen molar-refractivity contribution in [3.05, 3.63) is 66.0 Å². The van der Waals surface area contributed by atoms with Gasteiger partial charge in [-0.2, -0.15) is 0 Å². The number of fused-ring (bicyclic) bond motifs is 1. The molecule has 3 rings (SSSR count). The molecule has 0 aliphatic rings. The molecule has 1 heterocycles. The van der Waals surface area contributed by atoms with Crippen LogP contribution in [0.15, 0.2) is 54.6 Å². The lowest BCUT2D eigenvalue weighted by atomic mass is 10.1. The van der Waals surface area contributed by atoms with Gasteiger partial charge in [0.1, 0.15) is 5.82 Å². The number of benzene rings is 2. The molecule has 0 N–H and O–H groups in total. The average molecular weight is 264 g/mol. The third kappa shape index (κ3) is 2.01. The van der Waals surface area contributed by atoms with E-state index in [2.05, 4.69) is 4.98 Å². The maximum absolute atomic E-state index is 12.6. The molecule has 1 unspecified atom stereocenters. The van der Waals surface area contributed by atoms with Gasteiger partial charge in [-0.25, -0.2) is 4.98 Å². The van der Waals surface area contributed by atoms with E-state index >= 15 is 0 Å². The highest BCUT2D eigenvalue weighted by Crippen LogP contribution is 2.23. The first-order valence-electron chi connectivity index (χ1n) is 6.71. The topological polar surface area (TPSA) is 34.9 Å². The molecule has 3 nitrogen and oxygen atoms in total. The molecule has 0 aliphatic carbocycles. The number of carbonyl (C=O) groups excluding carboxylic acids is 1. The van der Waals surface area contributed by atoms with Gasteiger partial charge in [0.25, 0.3) is 0 Å². The van der Waals surface area contributed by atoms with Crippen LogP contribution in [-0.2, 0) is 0 Å². The van der Waals surface area contributed by atoms with Gasteiger partial charge < -0.3 is 4.57 Å². The van der Waals surface area contributed by atoms with Gasteiger partial charge in [-0.15, -0.1) is 0 Å². The van der Waals surface area contributed by atoms with Gasteiger partial charge in [0.05, 0.1) is 17.1 Å². The first-order chi connectivity index (χ1) is 9.68. The van der Waals surface area contributed by atoms with Crippen molar-refractivity contribution in [3.63, 3.8) is 0 Å². The molecule has 0 saturated heterocycles. The minimum Gasteiger partial charge on any atom is -0.317 e. The first kappa shape index (κ1) is 12.6. The minimum atomic E-state index is -0.259. The quantitative estimate of drug-likeness (QED) is 0.675. The van der Waals surface area contributed by atoms with E-state index in [9.17, 15) is 4.79 Å². The molecule has 20 heavy (non-hydrogen) atoms. The van der Waals surface area contributed by atoms with Gasteiger partial charge in [0, 0.05) is 5.56 Å². The van der Waals surface area contributed by atoms with Crippen molar-refractivity contribution >= 4 is 16.8 Å². The van der Waals surface area contributed by atoms with Crippen LogP contribution in [0.4, 0.5) is 0 Å². The lowest BCUT2D eigenvalue weighted by Crippen LogP contribution is -2.17. The zero-order valence-electron chi connectivity index (χ0n) is 11.6. The number of aromatic nitrogens is 2. The molecule has 1 aromatic heterocycles. The Morgan fingerprint density at radius 1 is 1.05 bits per heavy atom. The molecule has 3 aromatic rings. The van der Waals surface area contributed by atoms with Crippen LogP contribution >= 0.6 is 0 Å². The third-order valence-corrected chi connectivity index (χ3v) is 3.60. The Balaban J connectivity index is 2.07. The van der Waals surface area contributed by atoms with Crippen LogP contribution in [0.2, 0.25) is 0 Å². The summed E-state index contributed by atoms with van der Waals surface area (Å²) in [5.74, 6) is 0.972. The first-order valence-corrected chi connectivity index (χ1v) is 6.71. The molecule has 0 radical (unpaired) electrons. The number of rotatable bonds is 3. The largest absolute Gasteiger partial charge is 0.317 e. The molecule has 0 saturated carbocycles. The molecular formula is C17H16N2O. The summed E-state index contributed by atoms with van der Waals surface area (Å²) in [6.07, 6.45) is 0. The van der Waals surface area contributed by atoms with Gasteiger partial charge in [-0.1, -0.05) is 42.5 Å². The maximum atomic E-state index is 12.6. The maximum Gasteiger partial charge on any atom is 0.185 e. The van der Waals surface area contributed by atoms with Crippen molar-refractivity contribution in [2.75, 3.05) is 0 Å². The van der Waals surface area contributed by atoms with Crippen LogP contribution in [-0.4, -0.2) is 15.3 Å². The Morgan fingerprint density at radius 3 is 2.45 bits per heavy atom. The molecule has 3 heteroatoms. The van der Waals surface area contributed by atoms with Gasteiger partial charge in [-0.05, 0) is 26.0 Å². The van der Waals surface area contributed by atoms with E-state index in [0.717, 1.165) is 22.4 Å². The zero-order chi connectivity index (χ0) is 14.1. The van der Waals surface area contributed by atoms with Gasteiger partial charge in [0.15, 0.2) is 5.78 Å². The second-order valence-electron chi connectivity index (χ2n) is 4.92. The van der Waals surface area contributed by atoms with E-state index in [1.165, 1.54) is 0 Å². The summed E-state index contributed by atoms with van der Waals surface area (Å²) < 4.78 is 2.00. The molecule has 0 aliphatic heterocycles. The summed E-state index contributed by atoms with van der Waals surface area (Å²) in [6.45, 7) is 3.87. The number of para-hydroxylation sites is 2. The van der Waals surface area contributed by atoms with Crippen LogP contribution in [0, 0.1) is 6.92 Å². The lowest BCUT2D eigenvalue weighted by molar-refractivity contribution is 0.0935. The second-order valence-corrected chi connectivity index (χ2v) is 4.92. The van der Waals surface area contributed by atoms with Gasteiger partial charge in [-0.3, -0.25) is 4.79 Å². The smallest absolute Gasteiger partial charge is 0.185 e. The van der Waals surface area contributed by atoms with Crippen molar-refractivity contribution < 1.29 is 4.79 Å². The number of aryl methyl sites for hydroxylation is 1. The summed E-state index contributed by atoms with van der Waals surface area (Å²) in [5.41, 5.74) is 2.66. The van der Waals surface area contributed by atoms with Crippen molar-refractivity contribution in [2.45, 2.75) is 19.9 Å². The number of imidazole rings is 1. The Bertz CT molecular complexity index is 759. The van der Waals surface area contributed by atoms with Crippen LogP contribution in [0.3, 0.4) is 0 Å². The number of hydrogen-bond acceptors (Lipinski definition) is 2. The number of Topliss-reactive ketones (excluding diaryl/α,β-unsaturated/α-hetero) is 1. The minimum absolute atomic E-state index is 0.108. The molecule has 100 valence electrons. The van der Waals surface area contributed by atoms with Crippen molar-refractivity contribution in [1.82, 2.24) is 9.55 Å². The second kappa shape index (κ2) is 4.93. The van der Waals surface area contributed by atoms with Crippen molar-refractivity contribution in [2.24, 2.45) is 0 Å². The summed E-state index contributed by atoms with van der Waals surface area (Å²) in [6, 6.07) is 17.0. The van der Waals surface area contributed by atoms with E-state index in [0.29, 0.717) is 0 Å². The van der Waals surface area contributed by atoms with E-state index in [-0.39, 0.29) is 11.8 Å². The van der Waals surface area contributed by atoms with Gasteiger partial charge >= 0.3 is 0 Å². The average Bonchev–Trinajstić information content (AvgIpc) is 2.82. The fourth-order valence-corrected chi connectivity index (χ4v) is 2.61. The highest BCUT2D eigenvalue weighted by Gasteiger charge is 2.20. The van der Waals surface area contributed by atoms with Crippen molar-refractivity contribution in [1.29, 1.82) is 0 Å². The molecule has 1 atom stereocenters. The van der Waals surface area contributed by atoms with E-state index in [4.69, 9.17) is 0 Å². The van der Waals surface area contributed by atoms with E-state index < -0.39 is 0 Å². The van der Waals surface area contributed by atoms with E-state index in [1.54, 1.807) is 0 Å². The normalized spacial score (nSPS) is 12.5. The Morgan fingerprint density at radius 2 is 1.70 bits per heavy atom. The molecule has 0 amide bonds. The van der Waals surface area contributed by atoms with Crippen LogP contribution < -0.4 is 0 Å². The van der Waals surface area contributed by atoms with Crippen LogP contribution in [0.5, 0.6) is 0 Å². The highest BCUT2D eigenvalue weighted by molar-refractivity contribution is 5.99. The standard InChI is InChI=1S/C17H16N2O/c1-12(17(20)14-8-4-3-5-9-14)19-13(2)18-15-10-6-7-11-16(15)19/h3-12H,1-2H3. The Labute approximate surface area is 117 Å². The monoisotopic (exact) mass is 264 g/mol. The number of ketones is 1. The lowest BCUT2D eigenvalue weighted by Gasteiger charge is -2.15. The highest BCUT2D eigenvalue weighted by atomic mass is 16.1. The Kier molecular flexibility index (Phi) is 3.11. The fourth-order valence-electron chi connectivity index (χ4n) is 2.61. The summed E-state index contributed by atoms with van der Waals surface area (Å²) in [5, 5.41) is 0. The number of hydrogen-bond donors (Lipinski definition) is 0. The zero-order valence-corrected chi connectivity index (χ0v) is 11.6. The van der Waals surface area contributed by atoms with Crippen molar-refractivity contribution in [3.8, 4) is 0 Å².